The van der Waals surface area contributed by atoms with Crippen molar-refractivity contribution >= 4 is 28.1 Å². The van der Waals surface area contributed by atoms with Gasteiger partial charge >= 0.3 is 0 Å². The lowest BCUT2D eigenvalue weighted by Crippen LogP contribution is -2.49. The molecule has 7 rings (SSSR count). The van der Waals surface area contributed by atoms with Gasteiger partial charge in [-0.25, -0.2) is 0 Å². The van der Waals surface area contributed by atoms with E-state index in [1.807, 2.05) is 85.2 Å². The van der Waals surface area contributed by atoms with Crippen LogP contribution >= 0.6 is 0 Å². The van der Waals surface area contributed by atoms with Crippen molar-refractivity contribution in [1.29, 1.82) is 0 Å². The van der Waals surface area contributed by atoms with Gasteiger partial charge in [0, 0.05) is 53.0 Å². The first-order valence-corrected chi connectivity index (χ1v) is 36.6. The SMILES string of the molecule is CC(C)(C)c1cccc(CN[C@@H]2CCCC[C@H]2NCc2ccncc2)c1O.CC(C)[Si](C#C[C@@H](O)[C@H]1O[N+]([O-])=C([C@@H](C)OCc2ccccc2)[C@H]1O)(C(C)C)C(C)C.CC(C)[Si](C#C[C@H]1O[C@@H]1C=O)(C(C)C)C(C)C.C[C@H](C[N+](=O)[O-])OCc1ccccc1. The van der Waals surface area contributed by atoms with E-state index >= 15 is 0 Å². The molecule has 4 aromatic rings. The molecule has 0 spiro atoms. The third-order valence-electron chi connectivity index (χ3n) is 17.7. The van der Waals surface area contributed by atoms with Crippen LogP contribution in [0.3, 0.4) is 0 Å². The average molecular weight is 1260 g/mol. The molecule has 0 bridgehead atoms. The Morgan fingerprint density at radius 3 is 1.69 bits per heavy atom. The number of nitro groups is 1. The Labute approximate surface area is 535 Å². The zero-order chi connectivity index (χ0) is 66.2. The fourth-order valence-corrected chi connectivity index (χ4v) is 23.2. The molecule has 0 radical (unpaired) electrons. The number of ether oxygens (including phenoxy) is 3. The number of nitrogens with one attached hydrogen (secondary N) is 2. The van der Waals surface area contributed by atoms with Crippen molar-refractivity contribution < 1.29 is 49.0 Å². The number of para-hydroxylation sites is 1. The number of aldehydes is 1. The van der Waals surface area contributed by atoms with Crippen LogP contribution in [-0.4, -0.2) is 120 Å². The number of nitrogens with zero attached hydrogens (tertiary/aromatic N) is 3. The zero-order valence-electron chi connectivity index (χ0n) is 56.4. The fourth-order valence-electron chi connectivity index (χ4n) is 12.7. The molecule has 3 heterocycles. The number of phenolic OH excluding ortho intramolecular Hbond substituents is 1. The van der Waals surface area contributed by atoms with E-state index in [1.54, 1.807) is 13.8 Å². The third-order valence-corrected chi connectivity index (χ3v) is 30.3. The van der Waals surface area contributed by atoms with Crippen molar-refractivity contribution in [3.63, 3.8) is 0 Å². The Bertz CT molecular complexity index is 2880. The van der Waals surface area contributed by atoms with E-state index < -0.39 is 40.6 Å². The molecule has 1 saturated heterocycles. The van der Waals surface area contributed by atoms with Gasteiger partial charge in [0.25, 0.3) is 5.71 Å². The Kier molecular flexibility index (Phi) is 30.9. The summed E-state index contributed by atoms with van der Waals surface area (Å²) in [6, 6.07) is 30.3. The van der Waals surface area contributed by atoms with Crippen molar-refractivity contribution in [2.45, 2.75) is 263 Å². The highest BCUT2D eigenvalue weighted by molar-refractivity contribution is 6.91. The number of aromatic hydroxyl groups is 1. The van der Waals surface area contributed by atoms with Gasteiger partial charge < -0.3 is 49.8 Å². The highest BCUT2D eigenvalue weighted by atomic mass is 28.3. The van der Waals surface area contributed by atoms with E-state index in [0.717, 1.165) is 35.1 Å². The van der Waals surface area contributed by atoms with Crippen molar-refractivity contribution in [3.05, 3.63) is 147 Å². The zero-order valence-corrected chi connectivity index (χ0v) is 58.4. The molecule has 0 amide bonds. The first kappa shape index (κ1) is 75.7. The molecule has 2 aliphatic heterocycles. The summed E-state index contributed by atoms with van der Waals surface area (Å²) in [5.74, 6) is 6.58. The average Bonchev–Trinajstić information content (AvgIpc) is 2.18. The standard InChI is InChI=1S/C24H37NO5Si.C23H33N3O.C14H24O2Si.C10H13NO3/c1-16(2)31(17(3)4,18(5)6)14-13-21(26)24-23(27)22(25(28)30-24)19(7)29-15-20-11-9-8-10-12-20;1-23(2,3)19-8-6-7-18(22(19)27)16-26-21-10-5-4-9-20(21)25-15-17-11-13-24-14-12-17;1-10(2)17(11(3)4,12(5)6)8-7-13-14(9-15)16-13;1-9(7-11(12)13)14-8-10-5-3-2-4-6-10/h8-12,16-19,21,23-24,26-27H,15H2,1-7H3;6-8,11-14,20-21,25-27H,4-5,9-10,15-16H2,1-3H3;9-14H,1-6H3;2-6,9H,7-8H2,1H3/t19-,21-,23-,24-;20-,21-;13-,14-;9-/m1111/s1. The van der Waals surface area contributed by atoms with Crippen LogP contribution in [0.2, 0.25) is 33.2 Å². The number of benzene rings is 3. The van der Waals surface area contributed by atoms with Crippen molar-refractivity contribution in [2.75, 3.05) is 6.54 Å². The lowest BCUT2D eigenvalue weighted by atomic mass is 9.85. The van der Waals surface area contributed by atoms with Crippen molar-refractivity contribution in [1.82, 2.24) is 15.6 Å². The number of hydrogen-bond acceptors (Lipinski definition) is 14. The van der Waals surface area contributed by atoms with E-state index in [9.17, 15) is 35.4 Å². The van der Waals surface area contributed by atoms with Gasteiger partial charge in [-0.1, -0.05) is 207 Å². The van der Waals surface area contributed by atoms with Crippen molar-refractivity contribution in [2.24, 2.45) is 0 Å². The number of aliphatic hydroxyl groups excluding tert-OH is 2. The lowest BCUT2D eigenvalue weighted by Gasteiger charge is -2.38. The maximum absolute atomic E-state index is 12.3. The number of epoxide rings is 1. The largest absolute Gasteiger partial charge is 0.507 e. The van der Waals surface area contributed by atoms with Gasteiger partial charge in [0.1, 0.15) is 46.3 Å². The van der Waals surface area contributed by atoms with Crippen LogP contribution in [0.25, 0.3) is 0 Å². The quantitative estimate of drug-likeness (QED) is 0.00886. The predicted molar refractivity (Wildman–Crippen MR) is 362 cm³/mol. The van der Waals surface area contributed by atoms with Crippen LogP contribution in [0.1, 0.15) is 171 Å². The maximum atomic E-state index is 12.3. The van der Waals surface area contributed by atoms with Gasteiger partial charge in [-0.3, -0.25) is 20.3 Å². The number of pyridine rings is 1. The second-order valence-electron chi connectivity index (χ2n) is 26.9. The smallest absolute Gasteiger partial charge is 0.279 e. The lowest BCUT2D eigenvalue weighted by molar-refractivity contribution is -0.743. The minimum Gasteiger partial charge on any atom is -0.507 e. The molecule has 5 N–H and O–H groups in total. The van der Waals surface area contributed by atoms with Gasteiger partial charge in [-0.2, -0.15) is 0 Å². The van der Waals surface area contributed by atoms with Gasteiger partial charge in [0.15, 0.2) is 24.6 Å². The van der Waals surface area contributed by atoms with E-state index in [0.29, 0.717) is 70.8 Å². The van der Waals surface area contributed by atoms with Gasteiger partial charge in [-0.15, -0.1) is 11.1 Å². The van der Waals surface area contributed by atoms with E-state index in [4.69, 9.17) is 19.0 Å². The summed E-state index contributed by atoms with van der Waals surface area (Å²) < 4.78 is 16.2. The first-order chi connectivity index (χ1) is 42.0. The summed E-state index contributed by atoms with van der Waals surface area (Å²) >= 11 is 0. The molecule has 0 unspecified atom stereocenters. The summed E-state index contributed by atoms with van der Waals surface area (Å²) in [6.45, 7) is 38.8. The third kappa shape index (κ3) is 22.5. The maximum Gasteiger partial charge on any atom is 0.279 e. The molecule has 1 aliphatic carbocycles. The van der Waals surface area contributed by atoms with Crippen LogP contribution in [-0.2, 0) is 55.6 Å². The van der Waals surface area contributed by atoms with E-state index in [2.05, 4.69) is 161 Å². The highest BCUT2D eigenvalue weighted by Gasteiger charge is 2.47. The number of phenols is 1. The molecule has 1 aromatic heterocycles. The number of carbonyl (C=O) groups excluding carboxylic acids is 1. The predicted octanol–water partition coefficient (Wildman–Crippen LogP) is 13.1. The van der Waals surface area contributed by atoms with Gasteiger partial charge in [0.2, 0.25) is 6.54 Å². The van der Waals surface area contributed by atoms with E-state index in [-0.39, 0.29) is 45.8 Å². The number of aromatic nitrogens is 1. The molecule has 18 heteroatoms. The molecule has 3 aromatic carbocycles. The molecule has 2 fully saturated rings. The molecule has 1 saturated carbocycles. The first-order valence-electron chi connectivity index (χ1n) is 32.1. The van der Waals surface area contributed by atoms with E-state index in [1.165, 1.54) is 31.2 Å². The Hall–Kier alpha value is -5.78. The summed E-state index contributed by atoms with van der Waals surface area (Å²) in [4.78, 5) is 29.9. The second-order valence-corrected chi connectivity index (χ2v) is 38.0. The second kappa shape index (κ2) is 36.3. The fraction of sp³-hybridized carbons (Fsp3) is 0.592. The molecule has 16 nitrogen and oxygen atoms in total. The van der Waals surface area contributed by atoms with Crippen LogP contribution in [0.5, 0.6) is 5.75 Å². The number of carbonyl (C=O) groups is 1. The molecule has 89 heavy (non-hydrogen) atoms. The topological polar surface area (TPSA) is 224 Å². The van der Waals surface area contributed by atoms with Gasteiger partial charge in [-0.05, 0) is 99.7 Å². The summed E-state index contributed by atoms with van der Waals surface area (Å²) in [6.07, 6.45) is 4.34. The molecule has 490 valence electrons. The monoisotopic (exact) mass is 1260 g/mol. The molecule has 9 atom stereocenters. The minimum atomic E-state index is -2.05. The van der Waals surface area contributed by atoms with Crippen molar-refractivity contribution in [3.8, 4) is 28.7 Å². The summed E-state index contributed by atoms with van der Waals surface area (Å²) in [7, 11) is -3.70. The van der Waals surface area contributed by atoms with Gasteiger partial charge in [0.05, 0.1) is 13.2 Å². The number of aliphatic hydroxyl groups is 2. The van der Waals surface area contributed by atoms with Crippen LogP contribution in [0.4, 0.5) is 0 Å². The van der Waals surface area contributed by atoms with Crippen LogP contribution in [0.15, 0.2) is 103 Å². The number of hydrogen-bond donors (Lipinski definition) is 5. The highest BCUT2D eigenvalue weighted by Crippen LogP contribution is 2.42. The Morgan fingerprint density at radius 1 is 0.719 bits per heavy atom. The Morgan fingerprint density at radius 2 is 1.21 bits per heavy atom. The summed E-state index contributed by atoms with van der Waals surface area (Å²) in [5, 5.41) is 62.0. The summed E-state index contributed by atoms with van der Waals surface area (Å²) in [5.41, 5.74) is 15.3. The minimum absolute atomic E-state index is 0.0434. The van der Waals surface area contributed by atoms with Crippen LogP contribution < -0.4 is 10.6 Å². The van der Waals surface area contributed by atoms with Crippen LogP contribution in [0, 0.1) is 38.2 Å². The Balaban J connectivity index is 0.000000265. The molecule has 3 aliphatic rings. The normalized spacial score (nSPS) is 20.1. The molecular formula is C71H107N5O11Si2. The molecular weight excluding hydrogens is 1150 g/mol. The number of rotatable bonds is 23.